The number of anilines is 1. The Hall–Kier alpha value is -5.72. The standard InChI is InChI=1S/C43H54N6O7/c1-26(2)22-34(42(53)49-21-11-12-35(49)41(52)44-3)46-38(50)13-9-8-10-20-45-40(51)27-14-17-30(43(54)55)33(23-27)39-31-18-15-28(47(4)5)24-36(31)56-37-25-29(48(6)7)16-19-32(37)39/h14-19,23-26,34-35H,8-13,20-22H2,1-7H3,(H3-,44,45,46,50,51,52,54,55)/p+1/t34-,35-/m0/s1. The van der Waals surface area contributed by atoms with Gasteiger partial charge in [-0.1, -0.05) is 20.3 Å². The molecule has 0 bridgehead atoms. The molecule has 0 radical (unpaired) electrons. The Labute approximate surface area is 328 Å². The van der Waals surface area contributed by atoms with Crippen LogP contribution < -0.4 is 30.8 Å². The van der Waals surface area contributed by atoms with E-state index in [1.165, 1.54) is 12.1 Å². The molecular formula is C43H55N6O7+. The molecule has 4 N–H and O–H groups in total. The average Bonchev–Trinajstić information content (AvgIpc) is 3.66. The molecular weight excluding hydrogens is 713 g/mol. The molecule has 2 aromatic rings. The minimum atomic E-state index is -1.11. The number of fused-ring (bicyclic) bond motifs is 2. The van der Waals surface area contributed by atoms with E-state index < -0.39 is 18.1 Å². The summed E-state index contributed by atoms with van der Waals surface area (Å²) in [6, 6.07) is 15.0. The van der Waals surface area contributed by atoms with Gasteiger partial charge in [0.25, 0.3) is 5.91 Å². The Morgan fingerprint density at radius 2 is 1.73 bits per heavy atom. The molecule has 0 spiro atoms. The summed E-state index contributed by atoms with van der Waals surface area (Å²) < 4.78 is 8.38. The predicted molar refractivity (Wildman–Crippen MR) is 218 cm³/mol. The second kappa shape index (κ2) is 18.3. The molecule has 298 valence electrons. The van der Waals surface area contributed by atoms with Gasteiger partial charge in [-0.05, 0) is 80.0 Å². The summed E-state index contributed by atoms with van der Waals surface area (Å²) in [5.74, 6) is -1.34. The van der Waals surface area contributed by atoms with Gasteiger partial charge in [0.2, 0.25) is 23.1 Å². The van der Waals surface area contributed by atoms with Crippen molar-refractivity contribution in [1.82, 2.24) is 25.4 Å². The van der Waals surface area contributed by atoms with Crippen molar-refractivity contribution in [2.45, 2.75) is 70.9 Å². The van der Waals surface area contributed by atoms with E-state index >= 15 is 0 Å². The van der Waals surface area contributed by atoms with Gasteiger partial charge in [0.05, 0.1) is 11.6 Å². The molecule has 5 rings (SSSR count). The molecule has 3 aliphatic rings. The third-order valence-electron chi connectivity index (χ3n) is 10.3. The zero-order chi connectivity index (χ0) is 40.7. The highest BCUT2D eigenvalue weighted by atomic mass is 16.4. The van der Waals surface area contributed by atoms with Crippen molar-refractivity contribution in [3.05, 3.63) is 71.1 Å². The topological polar surface area (TPSA) is 164 Å². The SMILES string of the molecule is CNC(=O)[C@@H]1CCCN1C(=O)[C@H](CC(C)C)NC(=O)CCCCCNC(=O)c1ccc(C(=O)O)c(-c2c3ccc(=[N+](C)C)cc-3oc3cc(N(C)C)ccc23)c1. The van der Waals surface area contributed by atoms with Crippen molar-refractivity contribution in [3.63, 3.8) is 0 Å². The van der Waals surface area contributed by atoms with E-state index in [1.54, 1.807) is 18.0 Å². The third kappa shape index (κ3) is 9.55. The molecule has 0 unspecified atom stereocenters. The summed E-state index contributed by atoms with van der Waals surface area (Å²) in [7, 11) is 9.30. The van der Waals surface area contributed by atoms with Gasteiger partial charge in [0.15, 0.2) is 0 Å². The monoisotopic (exact) mass is 767 g/mol. The molecule has 13 nitrogen and oxygen atoms in total. The normalized spacial score (nSPS) is 14.5. The van der Waals surface area contributed by atoms with E-state index in [0.717, 1.165) is 17.5 Å². The van der Waals surface area contributed by atoms with E-state index in [9.17, 15) is 29.1 Å². The fourth-order valence-corrected chi connectivity index (χ4v) is 7.31. The fraction of sp³-hybridized carbons (Fsp3) is 0.442. The molecule has 2 heterocycles. The van der Waals surface area contributed by atoms with E-state index in [-0.39, 0.29) is 41.5 Å². The van der Waals surface area contributed by atoms with Crippen molar-refractivity contribution < 1.29 is 33.5 Å². The number of benzene rings is 3. The molecule has 1 aliphatic carbocycles. The van der Waals surface area contributed by atoms with Crippen LogP contribution in [0.4, 0.5) is 5.69 Å². The number of aromatic carboxylic acids is 1. The Morgan fingerprint density at radius 1 is 0.964 bits per heavy atom. The largest absolute Gasteiger partial charge is 0.478 e. The Morgan fingerprint density at radius 3 is 2.41 bits per heavy atom. The summed E-state index contributed by atoms with van der Waals surface area (Å²) in [5.41, 5.74) is 3.66. The second-order valence-corrected chi connectivity index (χ2v) is 15.3. The van der Waals surface area contributed by atoms with Crippen LogP contribution in [0.2, 0.25) is 0 Å². The Balaban J connectivity index is 1.26. The summed E-state index contributed by atoms with van der Waals surface area (Å²) in [5, 5.41) is 20.4. The maximum Gasteiger partial charge on any atom is 0.336 e. The predicted octanol–water partition coefficient (Wildman–Crippen LogP) is 4.56. The lowest BCUT2D eigenvalue weighted by molar-refractivity contribution is -0.141. The molecule has 2 aliphatic heterocycles. The van der Waals surface area contributed by atoms with E-state index in [0.29, 0.717) is 84.2 Å². The van der Waals surface area contributed by atoms with Gasteiger partial charge in [0, 0.05) is 80.6 Å². The molecule has 2 aromatic carbocycles. The molecule has 4 amide bonds. The number of nitrogens with one attached hydrogen (secondary N) is 3. The van der Waals surface area contributed by atoms with Gasteiger partial charge in [-0.2, -0.15) is 0 Å². The lowest BCUT2D eigenvalue weighted by Gasteiger charge is -2.29. The number of likely N-dealkylation sites (N-methyl/N-ethyl adjacent to an activating group) is 1. The molecule has 1 saturated heterocycles. The maximum atomic E-state index is 13.5. The first-order valence-electron chi connectivity index (χ1n) is 19.4. The van der Waals surface area contributed by atoms with Crippen molar-refractivity contribution in [2.24, 2.45) is 5.92 Å². The molecule has 56 heavy (non-hydrogen) atoms. The fourth-order valence-electron chi connectivity index (χ4n) is 7.31. The highest BCUT2D eigenvalue weighted by molar-refractivity contribution is 6.09. The minimum absolute atomic E-state index is 0.0611. The van der Waals surface area contributed by atoms with Crippen LogP contribution in [-0.4, -0.2) is 100 Å². The molecule has 1 fully saturated rings. The van der Waals surface area contributed by atoms with Crippen LogP contribution in [0.3, 0.4) is 0 Å². The number of hydrogen-bond acceptors (Lipinski definition) is 7. The smallest absolute Gasteiger partial charge is 0.336 e. The average molecular weight is 768 g/mol. The minimum Gasteiger partial charge on any atom is -0.478 e. The van der Waals surface area contributed by atoms with Gasteiger partial charge in [-0.25, -0.2) is 9.37 Å². The molecule has 2 atom stereocenters. The molecule has 0 saturated carbocycles. The summed E-state index contributed by atoms with van der Waals surface area (Å²) in [6.45, 7) is 4.83. The van der Waals surface area contributed by atoms with Crippen molar-refractivity contribution in [3.8, 4) is 22.5 Å². The number of carbonyl (C=O) groups is 5. The molecule has 0 aromatic heterocycles. The number of rotatable bonds is 15. The highest BCUT2D eigenvalue weighted by Crippen LogP contribution is 2.42. The number of amides is 4. The van der Waals surface area contributed by atoms with Crippen molar-refractivity contribution in [1.29, 1.82) is 0 Å². The zero-order valence-corrected chi connectivity index (χ0v) is 33.5. The Bertz CT molecular complexity index is 2150. The lowest BCUT2D eigenvalue weighted by atomic mass is 9.89. The summed E-state index contributed by atoms with van der Waals surface area (Å²) >= 11 is 0. The third-order valence-corrected chi connectivity index (χ3v) is 10.3. The number of carboxylic acid groups (broad SMARTS) is 1. The van der Waals surface area contributed by atoms with Crippen LogP contribution in [0.1, 0.15) is 79.5 Å². The second-order valence-electron chi connectivity index (χ2n) is 15.3. The lowest BCUT2D eigenvalue weighted by Crippen LogP contribution is -2.53. The molecule has 13 heteroatoms. The van der Waals surface area contributed by atoms with Gasteiger partial charge >= 0.3 is 5.97 Å². The van der Waals surface area contributed by atoms with Gasteiger partial charge in [0.1, 0.15) is 37.5 Å². The maximum absolute atomic E-state index is 13.5. The van der Waals surface area contributed by atoms with Crippen LogP contribution >= 0.6 is 0 Å². The van der Waals surface area contributed by atoms with Gasteiger partial charge in [-0.15, -0.1) is 0 Å². The number of unbranched alkanes of at least 4 members (excludes halogenated alkanes) is 2. The van der Waals surface area contributed by atoms with E-state index in [1.807, 2.05) is 87.9 Å². The van der Waals surface area contributed by atoms with Crippen LogP contribution in [0, 0.1) is 5.92 Å². The van der Waals surface area contributed by atoms with E-state index in [2.05, 4.69) is 16.0 Å². The van der Waals surface area contributed by atoms with Gasteiger partial charge in [-0.3, -0.25) is 19.2 Å². The first-order valence-corrected chi connectivity index (χ1v) is 19.4. The van der Waals surface area contributed by atoms with Crippen molar-refractivity contribution >= 4 is 46.3 Å². The van der Waals surface area contributed by atoms with Crippen LogP contribution in [-0.2, 0) is 14.4 Å². The zero-order valence-electron chi connectivity index (χ0n) is 33.5. The van der Waals surface area contributed by atoms with Gasteiger partial charge < -0.3 is 35.3 Å². The number of carbonyl (C=O) groups excluding carboxylic acids is 4. The number of hydrogen-bond donors (Lipinski definition) is 4. The number of likely N-dealkylation sites (tertiary alicyclic amines) is 1. The Kier molecular flexibility index (Phi) is 13.5. The summed E-state index contributed by atoms with van der Waals surface area (Å²) in [4.78, 5) is 68.4. The summed E-state index contributed by atoms with van der Waals surface area (Å²) in [6.07, 6.45) is 3.90. The van der Waals surface area contributed by atoms with Crippen LogP contribution in [0.5, 0.6) is 0 Å². The van der Waals surface area contributed by atoms with Crippen molar-refractivity contribution in [2.75, 3.05) is 53.2 Å². The number of nitrogens with zero attached hydrogens (tertiary/aromatic N) is 3. The first-order chi connectivity index (χ1) is 26.7. The first kappa shape index (κ1) is 41.4. The van der Waals surface area contributed by atoms with Crippen LogP contribution in [0.25, 0.3) is 33.4 Å². The number of carboxylic acids is 1. The van der Waals surface area contributed by atoms with E-state index in [4.69, 9.17) is 4.42 Å². The quantitative estimate of drug-likeness (QED) is 0.0778. The highest BCUT2D eigenvalue weighted by Gasteiger charge is 2.37. The van der Waals surface area contributed by atoms with Crippen LogP contribution in [0.15, 0.2) is 59.0 Å².